The van der Waals surface area contributed by atoms with Crippen molar-refractivity contribution in [2.75, 3.05) is 5.32 Å². The molecule has 0 radical (unpaired) electrons. The van der Waals surface area contributed by atoms with Crippen LogP contribution >= 0.6 is 34.4 Å². The predicted octanol–water partition coefficient (Wildman–Crippen LogP) is 5.75. The highest BCUT2D eigenvalue weighted by atomic mass is 32.2. The molecule has 0 aliphatic carbocycles. The number of aryl methyl sites for hydroxylation is 1. The van der Waals surface area contributed by atoms with Crippen LogP contribution < -0.4 is 5.32 Å². The van der Waals surface area contributed by atoms with E-state index in [1.54, 1.807) is 23.1 Å². The number of aromatic nitrogens is 3. The normalized spacial score (nSPS) is 11.1. The molecule has 2 aromatic heterocycles. The molecule has 3 rings (SSSR count). The first-order valence-corrected chi connectivity index (χ1v) is 11.6. The number of benzene rings is 1. The highest BCUT2D eigenvalue weighted by molar-refractivity contribution is 7.98. The molecule has 142 valence electrons. The topological polar surface area (TPSA) is 67.8 Å². The van der Waals surface area contributed by atoms with Gasteiger partial charge in [0.25, 0.3) is 5.91 Å². The van der Waals surface area contributed by atoms with Crippen LogP contribution in [-0.4, -0.2) is 21.1 Å². The Labute approximate surface area is 171 Å². The number of nitrogens with zero attached hydrogens (tertiary/aromatic N) is 3. The standard InChI is InChI=1S/C19H22N4OS3/c1-4-13(5-2)18-22-23-19(27-18)21-17(24)15-8-6-7-9-16(15)26-11-14-10-25-12(3)20-14/h6-10,13H,4-5,11H2,1-3H3,(H,21,23,24). The summed E-state index contributed by atoms with van der Waals surface area (Å²) in [4.78, 5) is 18.2. The molecule has 0 atom stereocenters. The third-order valence-corrected chi connectivity index (χ3v) is 7.10. The summed E-state index contributed by atoms with van der Waals surface area (Å²) in [6.45, 7) is 6.29. The van der Waals surface area contributed by atoms with Crippen LogP contribution in [0.25, 0.3) is 0 Å². The molecule has 0 bridgehead atoms. The first kappa shape index (κ1) is 20.0. The minimum absolute atomic E-state index is 0.153. The lowest BCUT2D eigenvalue weighted by Gasteiger charge is -2.08. The van der Waals surface area contributed by atoms with Gasteiger partial charge in [-0.25, -0.2) is 4.98 Å². The number of hydrogen-bond acceptors (Lipinski definition) is 7. The van der Waals surface area contributed by atoms with Gasteiger partial charge in [-0.3, -0.25) is 10.1 Å². The lowest BCUT2D eigenvalue weighted by molar-refractivity contribution is 0.102. The summed E-state index contributed by atoms with van der Waals surface area (Å²) in [6.07, 6.45) is 2.04. The number of nitrogens with one attached hydrogen (secondary N) is 1. The maximum atomic E-state index is 12.8. The number of thioether (sulfide) groups is 1. The number of carbonyl (C=O) groups is 1. The molecular weight excluding hydrogens is 396 g/mol. The SMILES string of the molecule is CCC(CC)c1nnc(NC(=O)c2ccccc2SCc2csc(C)n2)s1. The van der Waals surface area contributed by atoms with Crippen LogP contribution in [0.1, 0.15) is 58.7 Å². The maximum absolute atomic E-state index is 12.8. The molecule has 1 amide bonds. The molecule has 0 saturated carbocycles. The zero-order chi connectivity index (χ0) is 19.2. The number of amides is 1. The highest BCUT2D eigenvalue weighted by Gasteiger charge is 2.17. The average Bonchev–Trinajstić information content (AvgIpc) is 3.30. The van der Waals surface area contributed by atoms with Crippen molar-refractivity contribution in [3.8, 4) is 0 Å². The third-order valence-electron chi connectivity index (χ3n) is 4.17. The van der Waals surface area contributed by atoms with Crippen molar-refractivity contribution < 1.29 is 4.79 Å². The lowest BCUT2D eigenvalue weighted by atomic mass is 10.1. The molecule has 8 heteroatoms. The van der Waals surface area contributed by atoms with Gasteiger partial charge in [0.05, 0.1) is 16.3 Å². The average molecular weight is 419 g/mol. The Kier molecular flexibility index (Phi) is 6.98. The van der Waals surface area contributed by atoms with Crippen LogP contribution in [0.5, 0.6) is 0 Å². The van der Waals surface area contributed by atoms with Crippen molar-refractivity contribution in [2.24, 2.45) is 0 Å². The lowest BCUT2D eigenvalue weighted by Crippen LogP contribution is -2.12. The molecule has 0 aliphatic rings. The van der Waals surface area contributed by atoms with Gasteiger partial charge < -0.3 is 0 Å². The number of hydrogen-bond donors (Lipinski definition) is 1. The summed E-state index contributed by atoms with van der Waals surface area (Å²) >= 11 is 4.73. The van der Waals surface area contributed by atoms with Crippen molar-refractivity contribution in [1.29, 1.82) is 0 Å². The van der Waals surface area contributed by atoms with Crippen LogP contribution in [-0.2, 0) is 5.75 Å². The molecule has 27 heavy (non-hydrogen) atoms. The first-order valence-electron chi connectivity index (χ1n) is 8.88. The number of thiazole rings is 1. The molecule has 0 spiro atoms. The van der Waals surface area contributed by atoms with Crippen molar-refractivity contribution in [1.82, 2.24) is 15.2 Å². The van der Waals surface area contributed by atoms with E-state index in [0.717, 1.165) is 39.2 Å². The first-order chi connectivity index (χ1) is 13.1. The second-order valence-electron chi connectivity index (χ2n) is 6.06. The van der Waals surface area contributed by atoms with Crippen molar-refractivity contribution >= 4 is 45.5 Å². The number of carbonyl (C=O) groups excluding carboxylic acids is 1. The third kappa shape index (κ3) is 5.15. The van der Waals surface area contributed by atoms with Crippen molar-refractivity contribution in [3.05, 3.63) is 50.9 Å². The highest BCUT2D eigenvalue weighted by Crippen LogP contribution is 2.30. The summed E-state index contributed by atoms with van der Waals surface area (Å²) in [5.41, 5.74) is 1.69. The Hall–Kier alpha value is -1.77. The molecule has 2 heterocycles. The van der Waals surface area contributed by atoms with E-state index in [1.807, 2.05) is 31.2 Å². The summed E-state index contributed by atoms with van der Waals surface area (Å²) in [7, 11) is 0. The molecular formula is C19H22N4OS3. The van der Waals surface area contributed by atoms with Gasteiger partial charge >= 0.3 is 0 Å². The maximum Gasteiger partial charge on any atom is 0.258 e. The number of rotatable bonds is 8. The molecule has 0 unspecified atom stereocenters. The van der Waals surface area contributed by atoms with Crippen LogP contribution in [0.2, 0.25) is 0 Å². The van der Waals surface area contributed by atoms with Gasteiger partial charge in [-0.05, 0) is 31.9 Å². The van der Waals surface area contributed by atoms with E-state index in [-0.39, 0.29) is 5.91 Å². The molecule has 0 fully saturated rings. The quantitative estimate of drug-likeness (QED) is 0.472. The molecule has 3 aromatic rings. The van der Waals surface area contributed by atoms with Gasteiger partial charge in [-0.2, -0.15) is 0 Å². The summed E-state index contributed by atoms with van der Waals surface area (Å²) in [6, 6.07) is 7.63. The molecule has 0 aliphatic heterocycles. The summed E-state index contributed by atoms with van der Waals surface area (Å²) in [5, 5.41) is 15.9. The van der Waals surface area contributed by atoms with Gasteiger partial charge in [-0.1, -0.05) is 37.3 Å². The van der Waals surface area contributed by atoms with Crippen LogP contribution in [0.4, 0.5) is 5.13 Å². The van der Waals surface area contributed by atoms with E-state index in [1.165, 1.54) is 11.3 Å². The van der Waals surface area contributed by atoms with E-state index in [9.17, 15) is 4.79 Å². The fourth-order valence-electron chi connectivity index (χ4n) is 2.66. The van der Waals surface area contributed by atoms with Gasteiger partial charge in [-0.15, -0.1) is 33.3 Å². The Morgan fingerprint density at radius 2 is 2.00 bits per heavy atom. The summed E-state index contributed by atoms with van der Waals surface area (Å²) in [5.74, 6) is 0.990. The van der Waals surface area contributed by atoms with Crippen LogP contribution in [0, 0.1) is 6.92 Å². The van der Waals surface area contributed by atoms with Gasteiger partial charge in [0.1, 0.15) is 5.01 Å². The second-order valence-corrected chi connectivity index (χ2v) is 9.14. The van der Waals surface area contributed by atoms with Gasteiger partial charge in [0, 0.05) is 21.9 Å². The largest absolute Gasteiger partial charge is 0.296 e. The molecule has 0 saturated heterocycles. The second kappa shape index (κ2) is 9.43. The summed E-state index contributed by atoms with van der Waals surface area (Å²) < 4.78 is 0. The Bertz CT molecular complexity index is 902. The Morgan fingerprint density at radius 1 is 1.22 bits per heavy atom. The van der Waals surface area contributed by atoms with Crippen LogP contribution in [0.15, 0.2) is 34.5 Å². The van der Waals surface area contributed by atoms with Gasteiger partial charge in [0.2, 0.25) is 5.13 Å². The minimum atomic E-state index is -0.153. The fraction of sp³-hybridized carbons (Fsp3) is 0.368. The minimum Gasteiger partial charge on any atom is -0.296 e. The Balaban J connectivity index is 1.69. The zero-order valence-electron chi connectivity index (χ0n) is 15.6. The van der Waals surface area contributed by atoms with Crippen LogP contribution in [0.3, 0.4) is 0 Å². The molecule has 5 nitrogen and oxygen atoms in total. The van der Waals surface area contributed by atoms with E-state index in [2.05, 4.69) is 39.7 Å². The van der Waals surface area contributed by atoms with Crippen molar-refractivity contribution in [2.45, 2.75) is 50.2 Å². The Morgan fingerprint density at radius 3 is 2.70 bits per heavy atom. The van der Waals surface area contributed by atoms with Gasteiger partial charge in [0.15, 0.2) is 0 Å². The van der Waals surface area contributed by atoms with E-state index < -0.39 is 0 Å². The van der Waals surface area contributed by atoms with E-state index in [0.29, 0.717) is 16.6 Å². The molecule has 1 N–H and O–H groups in total. The number of anilines is 1. The smallest absolute Gasteiger partial charge is 0.258 e. The zero-order valence-corrected chi connectivity index (χ0v) is 18.0. The predicted molar refractivity (Wildman–Crippen MR) is 114 cm³/mol. The monoisotopic (exact) mass is 418 g/mol. The molecule has 1 aromatic carbocycles. The van der Waals surface area contributed by atoms with Crippen molar-refractivity contribution in [3.63, 3.8) is 0 Å². The van der Waals surface area contributed by atoms with E-state index in [4.69, 9.17) is 0 Å². The van der Waals surface area contributed by atoms with E-state index >= 15 is 0 Å². The fourth-order valence-corrected chi connectivity index (χ4v) is 5.32.